The number of ether oxygens (including phenoxy) is 1. The van der Waals surface area contributed by atoms with Gasteiger partial charge in [-0.25, -0.2) is 0 Å². The third kappa shape index (κ3) is 4.39. The van der Waals surface area contributed by atoms with Gasteiger partial charge in [0.25, 0.3) is 0 Å². The molecule has 1 heterocycles. The van der Waals surface area contributed by atoms with Gasteiger partial charge in [-0.1, -0.05) is 32.1 Å². The number of hydrogen-bond donors (Lipinski definition) is 1. The van der Waals surface area contributed by atoms with Crippen LogP contribution in [0.15, 0.2) is 53.8 Å². The van der Waals surface area contributed by atoms with Crippen LogP contribution in [0.4, 0.5) is 5.69 Å². The Kier molecular flexibility index (Phi) is 6.90. The van der Waals surface area contributed by atoms with E-state index in [2.05, 4.69) is 35.4 Å². The highest BCUT2D eigenvalue weighted by Crippen LogP contribution is 2.43. The van der Waals surface area contributed by atoms with E-state index in [1.54, 1.807) is 0 Å². The number of amides is 1. The van der Waals surface area contributed by atoms with Crippen LogP contribution in [0.5, 0.6) is 0 Å². The summed E-state index contributed by atoms with van der Waals surface area (Å²) in [7, 11) is 0. The number of nitrogens with zero attached hydrogens (tertiary/aromatic N) is 2. The van der Waals surface area contributed by atoms with Crippen molar-refractivity contribution in [1.82, 2.24) is 4.90 Å². The standard InChI is InChI=1S/C25H29N3O2.CH4/c1-4-28-23-14-20(30-16(2)3)12-13-21(23)22(15-26)24(28)17-8-10-19(11-9-17)27-25(29)18-6-5-7-18;/h8-14,16,18,21,23H,4-7H2,1-3H3,(H,27,29);1H4. The predicted molar refractivity (Wildman–Crippen MR) is 125 cm³/mol. The second-order valence-electron chi connectivity index (χ2n) is 8.47. The van der Waals surface area contributed by atoms with Crippen LogP contribution in [-0.4, -0.2) is 29.5 Å². The van der Waals surface area contributed by atoms with E-state index in [1.807, 2.05) is 44.2 Å². The summed E-state index contributed by atoms with van der Waals surface area (Å²) in [6.07, 6.45) is 9.42. The SMILES string of the molecule is C.CCN1C(c2ccc(NC(=O)C3CCC3)cc2)=C(C#N)C2C=CC(OC(C)C)=CC21. The molecule has 0 radical (unpaired) electrons. The molecule has 0 aromatic heterocycles. The maximum absolute atomic E-state index is 12.2. The first-order valence-corrected chi connectivity index (χ1v) is 10.9. The molecule has 1 aromatic carbocycles. The van der Waals surface area contributed by atoms with E-state index in [0.29, 0.717) is 0 Å². The Balaban J connectivity index is 0.00000272. The Morgan fingerprint density at radius 2 is 2.00 bits per heavy atom. The van der Waals surface area contributed by atoms with Gasteiger partial charge in [-0.05, 0) is 63.5 Å². The monoisotopic (exact) mass is 419 g/mol. The number of benzene rings is 1. The molecule has 0 bridgehead atoms. The summed E-state index contributed by atoms with van der Waals surface area (Å²) in [5, 5.41) is 13.0. The van der Waals surface area contributed by atoms with Gasteiger partial charge < -0.3 is 15.0 Å². The van der Waals surface area contributed by atoms with Crippen molar-refractivity contribution in [2.45, 2.75) is 59.6 Å². The molecule has 4 rings (SSSR count). The predicted octanol–water partition coefficient (Wildman–Crippen LogP) is 5.49. The molecule has 1 aliphatic heterocycles. The number of hydrogen-bond acceptors (Lipinski definition) is 4. The molecule has 0 saturated heterocycles. The Morgan fingerprint density at radius 1 is 1.29 bits per heavy atom. The molecule has 1 aromatic rings. The van der Waals surface area contributed by atoms with Crippen molar-refractivity contribution in [2.24, 2.45) is 11.8 Å². The van der Waals surface area contributed by atoms with Gasteiger partial charge in [-0.2, -0.15) is 5.26 Å². The molecular weight excluding hydrogens is 386 g/mol. The molecule has 0 spiro atoms. The van der Waals surface area contributed by atoms with Gasteiger partial charge in [0.15, 0.2) is 0 Å². The van der Waals surface area contributed by atoms with Crippen molar-refractivity contribution in [3.8, 4) is 6.07 Å². The number of rotatable bonds is 6. The largest absolute Gasteiger partial charge is 0.491 e. The Morgan fingerprint density at radius 3 is 2.55 bits per heavy atom. The highest BCUT2D eigenvalue weighted by Gasteiger charge is 2.40. The third-order valence-corrected chi connectivity index (χ3v) is 6.14. The molecule has 5 nitrogen and oxygen atoms in total. The lowest BCUT2D eigenvalue weighted by Gasteiger charge is -2.31. The number of carbonyl (C=O) groups excluding carboxylic acids is 1. The number of likely N-dealkylation sites (N-methyl/N-ethyl adjacent to an activating group) is 1. The van der Waals surface area contributed by atoms with Crippen molar-refractivity contribution in [3.05, 3.63) is 59.4 Å². The van der Waals surface area contributed by atoms with Crippen LogP contribution >= 0.6 is 0 Å². The summed E-state index contributed by atoms with van der Waals surface area (Å²) in [6, 6.07) is 10.4. The fourth-order valence-electron chi connectivity index (χ4n) is 4.45. The van der Waals surface area contributed by atoms with Crippen LogP contribution in [0.1, 0.15) is 53.0 Å². The van der Waals surface area contributed by atoms with Gasteiger partial charge in [0.05, 0.1) is 29.5 Å². The van der Waals surface area contributed by atoms with Gasteiger partial charge in [-0.3, -0.25) is 4.79 Å². The minimum absolute atomic E-state index is 0. The number of carbonyl (C=O) groups is 1. The molecule has 31 heavy (non-hydrogen) atoms. The van der Waals surface area contributed by atoms with Gasteiger partial charge in [0, 0.05) is 24.1 Å². The van der Waals surface area contributed by atoms with Crippen molar-refractivity contribution < 1.29 is 9.53 Å². The van der Waals surface area contributed by atoms with Crippen LogP contribution in [0.2, 0.25) is 0 Å². The van der Waals surface area contributed by atoms with E-state index in [1.165, 1.54) is 0 Å². The highest BCUT2D eigenvalue weighted by molar-refractivity contribution is 5.93. The molecular formula is C26H33N3O2. The number of fused-ring (bicyclic) bond motifs is 1. The van der Waals surface area contributed by atoms with Gasteiger partial charge >= 0.3 is 0 Å². The van der Waals surface area contributed by atoms with Crippen molar-refractivity contribution >= 4 is 17.3 Å². The maximum atomic E-state index is 12.2. The average Bonchev–Trinajstić information content (AvgIpc) is 2.99. The summed E-state index contributed by atoms with van der Waals surface area (Å²) >= 11 is 0. The van der Waals surface area contributed by atoms with Crippen molar-refractivity contribution in [2.75, 3.05) is 11.9 Å². The quantitative estimate of drug-likeness (QED) is 0.662. The minimum Gasteiger partial charge on any atom is -0.491 e. The zero-order chi connectivity index (χ0) is 21.3. The minimum atomic E-state index is 0. The van der Waals surface area contributed by atoms with Crippen LogP contribution in [-0.2, 0) is 9.53 Å². The van der Waals surface area contributed by atoms with Crippen molar-refractivity contribution in [1.29, 1.82) is 5.26 Å². The lowest BCUT2D eigenvalue weighted by Crippen LogP contribution is -2.33. The Labute approximate surface area is 186 Å². The maximum Gasteiger partial charge on any atom is 0.227 e. The first kappa shape index (κ1) is 22.7. The molecule has 1 N–H and O–H groups in total. The summed E-state index contributed by atoms with van der Waals surface area (Å²) in [5.41, 5.74) is 3.56. The molecule has 3 aliphatic rings. The number of nitriles is 1. The molecule has 1 fully saturated rings. The van der Waals surface area contributed by atoms with E-state index in [0.717, 1.165) is 54.1 Å². The summed E-state index contributed by atoms with van der Waals surface area (Å²) in [6.45, 7) is 6.94. The van der Waals surface area contributed by atoms with Crippen LogP contribution in [0.3, 0.4) is 0 Å². The smallest absolute Gasteiger partial charge is 0.227 e. The zero-order valence-electron chi connectivity index (χ0n) is 17.9. The fourth-order valence-corrected chi connectivity index (χ4v) is 4.45. The number of allylic oxidation sites excluding steroid dienone is 1. The molecule has 2 unspecified atom stereocenters. The van der Waals surface area contributed by atoms with E-state index >= 15 is 0 Å². The lowest BCUT2D eigenvalue weighted by molar-refractivity contribution is -0.122. The summed E-state index contributed by atoms with van der Waals surface area (Å²) in [5.74, 6) is 1.16. The third-order valence-electron chi connectivity index (χ3n) is 6.14. The topological polar surface area (TPSA) is 65.4 Å². The Bertz CT molecular complexity index is 946. The second kappa shape index (κ2) is 9.43. The first-order chi connectivity index (χ1) is 14.5. The normalized spacial score (nSPS) is 22.3. The Hall–Kier alpha value is -3.00. The molecule has 5 heteroatoms. The second-order valence-corrected chi connectivity index (χ2v) is 8.47. The molecule has 1 amide bonds. The van der Waals surface area contributed by atoms with Crippen LogP contribution < -0.4 is 5.32 Å². The van der Waals surface area contributed by atoms with E-state index in [-0.39, 0.29) is 37.3 Å². The first-order valence-electron chi connectivity index (χ1n) is 10.9. The fraction of sp³-hybridized carbons (Fsp3) is 0.462. The molecule has 2 aliphatic carbocycles. The van der Waals surface area contributed by atoms with Gasteiger partial charge in [-0.15, -0.1) is 0 Å². The van der Waals surface area contributed by atoms with Gasteiger partial charge in [0.1, 0.15) is 5.76 Å². The van der Waals surface area contributed by atoms with Crippen LogP contribution in [0.25, 0.3) is 5.70 Å². The van der Waals surface area contributed by atoms with E-state index < -0.39 is 0 Å². The average molecular weight is 420 g/mol. The lowest BCUT2D eigenvalue weighted by atomic mass is 9.85. The molecule has 164 valence electrons. The molecule has 2 atom stereocenters. The number of anilines is 1. The van der Waals surface area contributed by atoms with Gasteiger partial charge in [0.2, 0.25) is 5.91 Å². The molecule has 1 saturated carbocycles. The van der Waals surface area contributed by atoms with E-state index in [4.69, 9.17) is 4.74 Å². The number of nitrogens with one attached hydrogen (secondary N) is 1. The zero-order valence-corrected chi connectivity index (χ0v) is 17.9. The van der Waals surface area contributed by atoms with Crippen LogP contribution in [0, 0.1) is 23.2 Å². The van der Waals surface area contributed by atoms with Crippen molar-refractivity contribution in [3.63, 3.8) is 0 Å². The van der Waals surface area contributed by atoms with E-state index in [9.17, 15) is 10.1 Å². The summed E-state index contributed by atoms with van der Waals surface area (Å²) in [4.78, 5) is 14.5. The summed E-state index contributed by atoms with van der Waals surface area (Å²) < 4.78 is 5.89. The highest BCUT2D eigenvalue weighted by atomic mass is 16.5.